The molecule has 20 heavy (non-hydrogen) atoms. The van der Waals surface area contributed by atoms with Crippen LogP contribution in [0.4, 0.5) is 0 Å². The van der Waals surface area contributed by atoms with Gasteiger partial charge in [-0.25, -0.2) is 0 Å². The number of aliphatic carboxylic acids is 1. The van der Waals surface area contributed by atoms with Gasteiger partial charge in [-0.3, -0.25) is 9.59 Å². The molecule has 0 radical (unpaired) electrons. The van der Waals surface area contributed by atoms with Crippen molar-refractivity contribution in [3.05, 3.63) is 0 Å². The fraction of sp³-hybridized carbons (Fsp3) is 0.857. The molecule has 0 aromatic rings. The average molecular weight is 286 g/mol. The molecular weight excluding hydrogens is 260 g/mol. The highest BCUT2D eigenvalue weighted by atomic mass is 16.5. The Hall–Kier alpha value is -1.14. The first-order valence-corrected chi connectivity index (χ1v) is 7.16. The number of carbonyl (C=O) groups excluding carboxylic acids is 1. The molecule has 0 aliphatic heterocycles. The number of ether oxygens (including phenoxy) is 1. The van der Waals surface area contributed by atoms with E-state index in [-0.39, 0.29) is 31.4 Å². The molecule has 6 nitrogen and oxygen atoms in total. The molecule has 0 saturated heterocycles. The second-order valence-corrected chi connectivity index (χ2v) is 5.61. The Morgan fingerprint density at radius 2 is 1.95 bits per heavy atom. The van der Waals surface area contributed by atoms with Crippen LogP contribution in [-0.4, -0.2) is 54.2 Å². The number of amides is 1. The van der Waals surface area contributed by atoms with Gasteiger partial charge in [0.15, 0.2) is 0 Å². The second-order valence-electron chi connectivity index (χ2n) is 5.61. The van der Waals surface area contributed by atoms with Crippen LogP contribution < -0.4 is 5.73 Å². The predicted molar refractivity (Wildman–Crippen MR) is 75.3 cm³/mol. The van der Waals surface area contributed by atoms with E-state index in [9.17, 15) is 9.59 Å². The highest BCUT2D eigenvalue weighted by Crippen LogP contribution is 2.36. The smallest absolute Gasteiger partial charge is 0.305 e. The predicted octanol–water partition coefficient (Wildman–Crippen LogP) is 0.986. The lowest BCUT2D eigenvalue weighted by Gasteiger charge is -2.44. The topological polar surface area (TPSA) is 92.9 Å². The maximum Gasteiger partial charge on any atom is 0.305 e. The third-order valence-corrected chi connectivity index (χ3v) is 4.35. The number of carboxylic acids is 1. The zero-order valence-corrected chi connectivity index (χ0v) is 12.4. The molecule has 1 unspecified atom stereocenters. The van der Waals surface area contributed by atoms with Crippen molar-refractivity contribution >= 4 is 11.9 Å². The zero-order chi connectivity index (χ0) is 15.2. The molecule has 0 heterocycles. The van der Waals surface area contributed by atoms with E-state index in [1.165, 1.54) is 7.11 Å². The summed E-state index contributed by atoms with van der Waals surface area (Å²) in [7, 11) is 3.23. The molecule has 1 fully saturated rings. The fourth-order valence-electron chi connectivity index (χ4n) is 2.98. The average Bonchev–Trinajstić information content (AvgIpc) is 2.43. The number of hydrogen-bond donors (Lipinski definition) is 2. The van der Waals surface area contributed by atoms with Crippen LogP contribution in [0.15, 0.2) is 0 Å². The van der Waals surface area contributed by atoms with E-state index in [0.717, 1.165) is 32.1 Å². The van der Waals surface area contributed by atoms with Crippen molar-refractivity contribution in [2.45, 2.75) is 56.6 Å². The largest absolute Gasteiger partial charge is 0.481 e. The Morgan fingerprint density at radius 1 is 1.35 bits per heavy atom. The molecule has 0 aromatic carbocycles. The van der Waals surface area contributed by atoms with E-state index in [2.05, 4.69) is 0 Å². The summed E-state index contributed by atoms with van der Waals surface area (Å²) < 4.78 is 5.13. The van der Waals surface area contributed by atoms with E-state index < -0.39 is 11.5 Å². The Labute approximate surface area is 120 Å². The van der Waals surface area contributed by atoms with Gasteiger partial charge < -0.3 is 20.5 Å². The normalized spacial score (nSPS) is 19.4. The molecule has 1 saturated carbocycles. The lowest BCUT2D eigenvalue weighted by atomic mass is 9.78. The Morgan fingerprint density at radius 3 is 2.40 bits per heavy atom. The fourth-order valence-corrected chi connectivity index (χ4v) is 2.98. The highest BCUT2D eigenvalue weighted by molar-refractivity contribution is 5.78. The first-order chi connectivity index (χ1) is 9.45. The Kier molecular flexibility index (Phi) is 6.42. The molecule has 116 valence electrons. The van der Waals surface area contributed by atoms with Gasteiger partial charge in [0.1, 0.15) is 0 Å². The molecule has 1 aliphatic rings. The van der Waals surface area contributed by atoms with Crippen LogP contribution in [0.25, 0.3) is 0 Å². The standard InChI is InChI=1S/C14H26N2O4/c1-16(12(17)8-11(10-15)20-2)14(9-13(18)19)6-4-3-5-7-14/h11H,3-10,15H2,1-2H3,(H,18,19). The quantitative estimate of drug-likeness (QED) is 0.728. The van der Waals surface area contributed by atoms with Gasteiger partial charge in [-0.1, -0.05) is 19.3 Å². The number of rotatable bonds is 7. The first kappa shape index (κ1) is 16.9. The van der Waals surface area contributed by atoms with Crippen LogP contribution in [0, 0.1) is 0 Å². The van der Waals surface area contributed by atoms with Crippen molar-refractivity contribution in [1.29, 1.82) is 0 Å². The first-order valence-electron chi connectivity index (χ1n) is 7.16. The van der Waals surface area contributed by atoms with Gasteiger partial charge in [0.2, 0.25) is 5.91 Å². The number of carboxylic acid groups (broad SMARTS) is 1. The highest BCUT2D eigenvalue weighted by Gasteiger charge is 2.40. The number of hydrogen-bond acceptors (Lipinski definition) is 4. The summed E-state index contributed by atoms with van der Waals surface area (Å²) in [6.45, 7) is 0.280. The SMILES string of the molecule is COC(CN)CC(=O)N(C)C1(CC(=O)O)CCCCC1. The third-order valence-electron chi connectivity index (χ3n) is 4.35. The summed E-state index contributed by atoms with van der Waals surface area (Å²) in [4.78, 5) is 25.1. The van der Waals surface area contributed by atoms with Crippen molar-refractivity contribution in [3.63, 3.8) is 0 Å². The van der Waals surface area contributed by atoms with Crippen LogP contribution in [0.1, 0.15) is 44.9 Å². The van der Waals surface area contributed by atoms with Crippen LogP contribution in [-0.2, 0) is 14.3 Å². The molecule has 1 rings (SSSR count). The number of nitrogens with zero attached hydrogens (tertiary/aromatic N) is 1. The lowest BCUT2D eigenvalue weighted by molar-refractivity contribution is -0.147. The molecule has 1 aliphatic carbocycles. The van der Waals surface area contributed by atoms with Crippen LogP contribution in [0.2, 0.25) is 0 Å². The summed E-state index contributed by atoms with van der Waals surface area (Å²) in [5.74, 6) is -0.945. The van der Waals surface area contributed by atoms with Crippen molar-refractivity contribution in [2.24, 2.45) is 5.73 Å². The van der Waals surface area contributed by atoms with E-state index in [0.29, 0.717) is 0 Å². The van der Waals surface area contributed by atoms with Crippen LogP contribution in [0.5, 0.6) is 0 Å². The number of nitrogens with two attached hydrogens (primary N) is 1. The summed E-state index contributed by atoms with van der Waals surface area (Å²) in [6.07, 6.45) is 4.44. The second kappa shape index (κ2) is 7.59. The maximum atomic E-state index is 12.4. The number of carbonyl (C=O) groups is 2. The van der Waals surface area contributed by atoms with Gasteiger partial charge in [0.05, 0.1) is 24.5 Å². The Balaban J connectivity index is 2.79. The van der Waals surface area contributed by atoms with Crippen LogP contribution >= 0.6 is 0 Å². The van der Waals surface area contributed by atoms with Gasteiger partial charge in [0.25, 0.3) is 0 Å². The van der Waals surface area contributed by atoms with Gasteiger partial charge in [-0.2, -0.15) is 0 Å². The lowest BCUT2D eigenvalue weighted by Crippen LogP contribution is -2.52. The van der Waals surface area contributed by atoms with Crippen molar-refractivity contribution < 1.29 is 19.4 Å². The van der Waals surface area contributed by atoms with E-state index in [1.54, 1.807) is 11.9 Å². The van der Waals surface area contributed by atoms with E-state index in [1.807, 2.05) is 0 Å². The van der Waals surface area contributed by atoms with Crippen molar-refractivity contribution in [1.82, 2.24) is 4.90 Å². The minimum Gasteiger partial charge on any atom is -0.481 e. The summed E-state index contributed by atoms with van der Waals surface area (Å²) in [6, 6.07) is 0. The maximum absolute atomic E-state index is 12.4. The van der Waals surface area contributed by atoms with Crippen molar-refractivity contribution in [2.75, 3.05) is 20.7 Å². The molecule has 6 heteroatoms. The summed E-state index contributed by atoms with van der Waals surface area (Å²) >= 11 is 0. The molecule has 0 bridgehead atoms. The number of methoxy groups -OCH3 is 1. The van der Waals surface area contributed by atoms with Gasteiger partial charge in [0, 0.05) is 20.7 Å². The molecule has 3 N–H and O–H groups in total. The zero-order valence-electron chi connectivity index (χ0n) is 12.4. The molecule has 0 aromatic heterocycles. The summed E-state index contributed by atoms with van der Waals surface area (Å²) in [5.41, 5.74) is 4.99. The molecule has 1 atom stereocenters. The minimum absolute atomic E-state index is 0.00944. The molecule has 1 amide bonds. The van der Waals surface area contributed by atoms with Gasteiger partial charge in [-0.15, -0.1) is 0 Å². The van der Waals surface area contributed by atoms with E-state index in [4.69, 9.17) is 15.6 Å². The van der Waals surface area contributed by atoms with Gasteiger partial charge in [-0.05, 0) is 12.8 Å². The monoisotopic (exact) mass is 286 g/mol. The third kappa shape index (κ3) is 4.18. The van der Waals surface area contributed by atoms with Crippen LogP contribution in [0.3, 0.4) is 0 Å². The van der Waals surface area contributed by atoms with Crippen molar-refractivity contribution in [3.8, 4) is 0 Å². The minimum atomic E-state index is -0.853. The molecular formula is C14H26N2O4. The Bertz CT molecular complexity index is 336. The van der Waals surface area contributed by atoms with E-state index >= 15 is 0 Å². The summed E-state index contributed by atoms with van der Waals surface area (Å²) in [5, 5.41) is 9.15. The molecule has 0 spiro atoms. The van der Waals surface area contributed by atoms with Gasteiger partial charge >= 0.3 is 5.97 Å².